The molecule has 354 valence electrons. The van der Waals surface area contributed by atoms with Gasteiger partial charge in [-0.3, -0.25) is 0 Å². The van der Waals surface area contributed by atoms with Gasteiger partial charge in [0.1, 0.15) is 0 Å². The summed E-state index contributed by atoms with van der Waals surface area (Å²) >= 11 is 0. The second-order valence-corrected chi connectivity index (χ2v) is 23.5. The van der Waals surface area contributed by atoms with Gasteiger partial charge in [0.25, 0.3) is 6.71 Å². The summed E-state index contributed by atoms with van der Waals surface area (Å²) < 4.78 is 5.57. The van der Waals surface area contributed by atoms with Crippen molar-refractivity contribution < 1.29 is 0 Å². The highest BCUT2D eigenvalue weighted by molar-refractivity contribution is 7.00. The van der Waals surface area contributed by atoms with Crippen LogP contribution in [0.5, 0.6) is 0 Å². The molecular weight excluding hydrogens is 892 g/mol. The first-order chi connectivity index (χ1) is 36.0. The molecule has 3 aliphatic heterocycles. The van der Waals surface area contributed by atoms with Crippen molar-refractivity contribution in [1.82, 2.24) is 9.13 Å². The van der Waals surface area contributed by atoms with Gasteiger partial charge in [0.05, 0.1) is 22.1 Å². The van der Waals surface area contributed by atoms with E-state index in [4.69, 9.17) is 0 Å². The zero-order chi connectivity index (χ0) is 49.8. The summed E-state index contributed by atoms with van der Waals surface area (Å²) in [5.41, 5.74) is 30.5. The molecule has 0 saturated heterocycles. The molecule has 1 spiro atoms. The zero-order valence-electron chi connectivity index (χ0n) is 43.5. The van der Waals surface area contributed by atoms with E-state index in [9.17, 15) is 0 Å². The van der Waals surface area contributed by atoms with Gasteiger partial charge in [0, 0.05) is 43.8 Å². The molecule has 0 fully saturated rings. The topological polar surface area (TPSA) is 9.86 Å². The van der Waals surface area contributed by atoms with Crippen LogP contribution in [-0.2, 0) is 5.41 Å². The summed E-state index contributed by atoms with van der Waals surface area (Å²) in [4.78, 5) is 0. The van der Waals surface area contributed by atoms with Crippen molar-refractivity contribution in [2.75, 3.05) is 0 Å². The molecule has 74 heavy (non-hydrogen) atoms. The van der Waals surface area contributed by atoms with Gasteiger partial charge in [0.2, 0.25) is 0 Å². The van der Waals surface area contributed by atoms with E-state index in [0.29, 0.717) is 23.7 Å². The van der Waals surface area contributed by atoms with Crippen LogP contribution in [0.15, 0.2) is 176 Å². The molecule has 0 unspecified atom stereocenters. The molecule has 5 heterocycles. The minimum absolute atomic E-state index is 0.0324. The van der Waals surface area contributed by atoms with Crippen molar-refractivity contribution in [2.45, 2.75) is 84.5 Å². The second-order valence-electron chi connectivity index (χ2n) is 23.5. The Labute approximate surface area is 434 Å². The van der Waals surface area contributed by atoms with Crippen LogP contribution in [0.25, 0.3) is 99.1 Å². The molecule has 0 saturated carbocycles. The molecule has 2 nitrogen and oxygen atoms in total. The number of rotatable bonds is 6. The molecule has 16 rings (SSSR count). The average Bonchev–Trinajstić information content (AvgIpc) is 4.22. The second kappa shape index (κ2) is 14.7. The van der Waals surface area contributed by atoms with Crippen LogP contribution in [-0.4, -0.2) is 15.8 Å². The normalized spacial score (nSPS) is 14.2. The Hall–Kier alpha value is -7.88. The third kappa shape index (κ3) is 5.13. The number of hydrogen-bond acceptors (Lipinski definition) is 0. The first-order valence-corrected chi connectivity index (χ1v) is 27.3. The van der Waals surface area contributed by atoms with Gasteiger partial charge in [-0.2, -0.15) is 0 Å². The first-order valence-electron chi connectivity index (χ1n) is 27.3. The molecule has 0 N–H and O–H groups in total. The Balaban J connectivity index is 1.22. The van der Waals surface area contributed by atoms with Gasteiger partial charge in [-0.15, -0.1) is 0 Å². The van der Waals surface area contributed by atoms with Crippen LogP contribution >= 0.6 is 0 Å². The number of nitrogens with zero attached hydrogens (tertiary/aromatic N) is 2. The smallest absolute Gasteiger partial charge is 0.252 e. The summed E-state index contributed by atoms with van der Waals surface area (Å²) in [5, 5.41) is 7.99. The Kier molecular flexibility index (Phi) is 8.45. The third-order valence-electron chi connectivity index (χ3n) is 18.3. The summed E-state index contributed by atoms with van der Waals surface area (Å²) in [5.74, 6) is 1.41. The highest BCUT2D eigenvalue weighted by Crippen LogP contribution is 2.63. The van der Waals surface area contributed by atoms with Crippen LogP contribution in [0, 0.1) is 0 Å². The molecule has 0 amide bonds. The molecule has 1 aliphatic carbocycles. The molecule has 0 atom stereocenters. The zero-order valence-corrected chi connectivity index (χ0v) is 43.5. The van der Waals surface area contributed by atoms with E-state index in [1.165, 1.54) is 160 Å². The van der Waals surface area contributed by atoms with Gasteiger partial charge < -0.3 is 9.13 Å². The lowest BCUT2D eigenvalue weighted by Gasteiger charge is -2.45. The van der Waals surface area contributed by atoms with E-state index in [-0.39, 0.29) is 6.71 Å². The molecule has 12 aromatic rings. The summed E-state index contributed by atoms with van der Waals surface area (Å²) in [6.45, 7) is 19.0. The van der Waals surface area contributed by atoms with Crippen LogP contribution in [0.4, 0.5) is 0 Å². The first kappa shape index (κ1) is 42.6. The van der Waals surface area contributed by atoms with Gasteiger partial charge in [-0.25, -0.2) is 0 Å². The SMILES string of the molecule is CC(C)c1ccc2c(c1)c1cc(C(C)C)cc3c1n2-c1c(-c2ccc4ccccc4c2-c2ccccc2)cc2c4c1B3c1cc(C(C)C)cc3c5cc(C(C)C)cc(c5n-4c13)C21c2ccccc2-c2ccccc21. The summed E-state index contributed by atoms with van der Waals surface area (Å²) in [7, 11) is 0. The monoisotopic (exact) mass is 948 g/mol. The number of hydrogen-bond donors (Lipinski definition) is 0. The fourth-order valence-electron chi connectivity index (χ4n) is 14.9. The van der Waals surface area contributed by atoms with Gasteiger partial charge in [0.15, 0.2) is 0 Å². The van der Waals surface area contributed by atoms with E-state index in [1.807, 2.05) is 0 Å². The quantitative estimate of drug-likeness (QED) is 0.147. The molecule has 0 radical (unpaired) electrons. The lowest BCUT2D eigenvalue weighted by Crippen LogP contribution is -2.61. The lowest BCUT2D eigenvalue weighted by molar-refractivity contribution is 0.744. The Morgan fingerprint density at radius 3 is 1.58 bits per heavy atom. The maximum Gasteiger partial charge on any atom is 0.252 e. The van der Waals surface area contributed by atoms with Gasteiger partial charge >= 0.3 is 0 Å². The largest absolute Gasteiger partial charge is 0.310 e. The van der Waals surface area contributed by atoms with Crippen molar-refractivity contribution in [2.24, 2.45) is 0 Å². The maximum absolute atomic E-state index is 2.81. The maximum atomic E-state index is 2.81. The molecule has 3 heteroatoms. The summed E-state index contributed by atoms with van der Waals surface area (Å²) in [6, 6.07) is 69.8. The number of benzene rings is 10. The van der Waals surface area contributed by atoms with Crippen molar-refractivity contribution in [3.05, 3.63) is 220 Å². The summed E-state index contributed by atoms with van der Waals surface area (Å²) in [6.07, 6.45) is 0. The predicted octanol–water partition coefficient (Wildman–Crippen LogP) is 16.7. The molecular formula is C71H57BN2. The minimum Gasteiger partial charge on any atom is -0.310 e. The fourth-order valence-corrected chi connectivity index (χ4v) is 14.9. The number of aromatic nitrogens is 2. The molecule has 2 aromatic heterocycles. The lowest BCUT2D eigenvalue weighted by atomic mass is 9.33. The fraction of sp³-hybridized carbons (Fsp3) is 0.183. The Bertz CT molecular complexity index is 4450. The van der Waals surface area contributed by atoms with E-state index in [0.717, 1.165) is 0 Å². The van der Waals surface area contributed by atoms with Crippen LogP contribution in [0.2, 0.25) is 0 Å². The average molecular weight is 949 g/mol. The van der Waals surface area contributed by atoms with E-state index in [2.05, 4.69) is 240 Å². The molecule has 0 bridgehead atoms. The van der Waals surface area contributed by atoms with E-state index in [1.54, 1.807) is 0 Å². The Morgan fingerprint density at radius 2 is 0.919 bits per heavy atom. The van der Waals surface area contributed by atoms with Gasteiger partial charge in [-0.05, 0) is 160 Å². The highest BCUT2D eigenvalue weighted by atomic mass is 15.1. The highest BCUT2D eigenvalue weighted by Gasteiger charge is 2.55. The van der Waals surface area contributed by atoms with Crippen molar-refractivity contribution in [3.8, 4) is 44.8 Å². The minimum atomic E-state index is -0.618. The standard InChI is InChI=1S/C71H57BN2/c1-38(2)44-27-29-63-52(30-44)53-32-46(40(5)6)35-61-67(53)73(63)69-56(51-28-26-42-18-12-13-21-48(42)64(51)43-19-10-9-11-20-43)37-60-70-65(69)72(61)62-36-47(41(7)8)33-55-54-31-45(39(3)4)34-59(66(54)74(70)68(55)62)71(60)57-24-16-14-22-49(57)50-23-15-17-25-58(50)71/h9-41H,1-8H3. The van der Waals surface area contributed by atoms with Gasteiger partial charge in [-0.1, -0.05) is 195 Å². The van der Waals surface area contributed by atoms with Crippen molar-refractivity contribution in [3.63, 3.8) is 0 Å². The van der Waals surface area contributed by atoms with E-state index < -0.39 is 5.41 Å². The van der Waals surface area contributed by atoms with E-state index >= 15 is 0 Å². The van der Waals surface area contributed by atoms with Crippen LogP contribution in [0.3, 0.4) is 0 Å². The number of fused-ring (bicyclic) bond motifs is 15. The Morgan fingerprint density at radius 1 is 0.365 bits per heavy atom. The molecule has 10 aromatic carbocycles. The predicted molar refractivity (Wildman–Crippen MR) is 315 cm³/mol. The van der Waals surface area contributed by atoms with Crippen molar-refractivity contribution in [1.29, 1.82) is 0 Å². The van der Waals surface area contributed by atoms with Crippen LogP contribution < -0.4 is 16.4 Å². The van der Waals surface area contributed by atoms with Crippen LogP contribution in [0.1, 0.15) is 124 Å². The van der Waals surface area contributed by atoms with Crippen molar-refractivity contribution >= 4 is 77.5 Å². The molecule has 4 aliphatic rings. The third-order valence-corrected chi connectivity index (χ3v) is 18.3.